The number of hydrogen-bond acceptors (Lipinski definition) is 4. The first-order valence-electron chi connectivity index (χ1n) is 5.45. The summed E-state index contributed by atoms with van der Waals surface area (Å²) >= 11 is 0. The van der Waals surface area contributed by atoms with Gasteiger partial charge in [-0.05, 0) is 29.2 Å². The molecule has 0 saturated carbocycles. The summed E-state index contributed by atoms with van der Waals surface area (Å²) in [5, 5.41) is 0. The molecule has 0 aliphatic rings. The minimum Gasteiger partial charge on any atom is -0.493 e. The van der Waals surface area contributed by atoms with Crippen molar-refractivity contribution in [2.45, 2.75) is 25.5 Å². The summed E-state index contributed by atoms with van der Waals surface area (Å²) in [6.45, 7) is 3.96. The average molecular weight is 293 g/mol. The molecule has 0 radical (unpaired) electrons. The van der Waals surface area contributed by atoms with Gasteiger partial charge in [-0.2, -0.15) is 0 Å². The van der Waals surface area contributed by atoms with Crippen LogP contribution in [0.4, 0.5) is 0 Å². The molecule has 1 rings (SSSR count). The smallest absolute Gasteiger partial charge is 0.236 e. The van der Waals surface area contributed by atoms with E-state index in [-0.39, 0.29) is 11.7 Å². The molecule has 0 heterocycles. The van der Waals surface area contributed by atoms with Gasteiger partial charge >= 0.3 is 0 Å². The summed E-state index contributed by atoms with van der Waals surface area (Å²) in [4.78, 5) is 0. The average Bonchev–Trinajstić information content (AvgIpc) is 2.25. The van der Waals surface area contributed by atoms with Crippen LogP contribution in [0.2, 0.25) is 0 Å². The zero-order chi connectivity index (χ0) is 13.9. The molecule has 0 aromatic heterocycles. The molecule has 1 aromatic rings. The zero-order valence-electron chi connectivity index (χ0n) is 10.9. The van der Waals surface area contributed by atoms with E-state index < -0.39 is 9.05 Å². The Kier molecular flexibility index (Phi) is 4.87. The van der Waals surface area contributed by atoms with Crippen LogP contribution in [0, 0.1) is 0 Å². The van der Waals surface area contributed by atoms with E-state index in [4.69, 9.17) is 20.2 Å². The lowest BCUT2D eigenvalue weighted by atomic mass is 9.97. The van der Waals surface area contributed by atoms with Crippen molar-refractivity contribution in [1.82, 2.24) is 0 Å². The maximum Gasteiger partial charge on any atom is 0.236 e. The Labute approximate surface area is 112 Å². The van der Waals surface area contributed by atoms with Crippen molar-refractivity contribution in [3.8, 4) is 11.5 Å². The normalized spacial score (nSPS) is 11.7. The first-order chi connectivity index (χ1) is 8.28. The number of methoxy groups -OCH3 is 2. The molecule has 0 spiro atoms. The largest absolute Gasteiger partial charge is 0.493 e. The number of halogens is 1. The van der Waals surface area contributed by atoms with Gasteiger partial charge in [-0.25, -0.2) is 8.42 Å². The monoisotopic (exact) mass is 292 g/mol. The third-order valence-corrected chi connectivity index (χ3v) is 3.58. The van der Waals surface area contributed by atoms with E-state index in [0.717, 1.165) is 5.56 Å². The standard InChI is InChI=1S/C12H17ClO4S/c1-8(2)10-6-12(17-4)11(16-3)5-9(10)7-18(13,14)15/h5-6,8H,7H2,1-4H3. The maximum atomic E-state index is 11.2. The van der Waals surface area contributed by atoms with Crippen LogP contribution in [-0.4, -0.2) is 22.6 Å². The summed E-state index contributed by atoms with van der Waals surface area (Å²) < 4.78 is 32.8. The molecule has 1 aromatic carbocycles. The van der Waals surface area contributed by atoms with E-state index in [9.17, 15) is 8.42 Å². The topological polar surface area (TPSA) is 52.6 Å². The van der Waals surface area contributed by atoms with E-state index in [1.807, 2.05) is 13.8 Å². The van der Waals surface area contributed by atoms with Crippen LogP contribution in [0.5, 0.6) is 11.5 Å². The summed E-state index contributed by atoms with van der Waals surface area (Å²) in [6, 6.07) is 3.45. The molecule has 0 unspecified atom stereocenters. The third-order valence-electron chi connectivity index (χ3n) is 2.60. The van der Waals surface area contributed by atoms with Gasteiger partial charge in [-0.15, -0.1) is 0 Å². The second-order valence-corrected chi connectivity index (χ2v) is 7.02. The fourth-order valence-corrected chi connectivity index (χ4v) is 2.76. The lowest BCUT2D eigenvalue weighted by Gasteiger charge is -2.16. The Morgan fingerprint density at radius 1 is 1.17 bits per heavy atom. The highest BCUT2D eigenvalue weighted by Gasteiger charge is 2.17. The second kappa shape index (κ2) is 5.80. The predicted octanol–water partition coefficient (Wildman–Crippen LogP) is 2.90. The Hall–Kier alpha value is -0.940. The van der Waals surface area contributed by atoms with Crippen LogP contribution in [0.1, 0.15) is 30.9 Å². The van der Waals surface area contributed by atoms with Crippen molar-refractivity contribution < 1.29 is 17.9 Å². The molecule has 0 fully saturated rings. The van der Waals surface area contributed by atoms with E-state index in [1.165, 1.54) is 7.11 Å². The first kappa shape index (κ1) is 15.1. The quantitative estimate of drug-likeness (QED) is 0.783. The number of benzene rings is 1. The molecule has 0 aliphatic heterocycles. The maximum absolute atomic E-state index is 11.2. The summed E-state index contributed by atoms with van der Waals surface area (Å²) in [5.41, 5.74) is 1.52. The highest BCUT2D eigenvalue weighted by atomic mass is 35.7. The molecule has 0 atom stereocenters. The van der Waals surface area contributed by atoms with Crippen molar-refractivity contribution in [2.24, 2.45) is 0 Å². The molecule has 0 bridgehead atoms. The summed E-state index contributed by atoms with van der Waals surface area (Å²) in [5.74, 6) is 1.02. The first-order valence-corrected chi connectivity index (χ1v) is 7.93. The lowest BCUT2D eigenvalue weighted by Crippen LogP contribution is -2.04. The van der Waals surface area contributed by atoms with Crippen LogP contribution in [-0.2, 0) is 14.8 Å². The van der Waals surface area contributed by atoms with E-state index in [0.29, 0.717) is 17.1 Å². The SMILES string of the molecule is COc1cc(CS(=O)(=O)Cl)c(C(C)C)cc1OC. The van der Waals surface area contributed by atoms with Gasteiger partial charge in [0.05, 0.1) is 20.0 Å². The van der Waals surface area contributed by atoms with Crippen molar-refractivity contribution in [3.05, 3.63) is 23.3 Å². The molecule has 0 amide bonds. The van der Waals surface area contributed by atoms with Gasteiger partial charge in [-0.1, -0.05) is 13.8 Å². The van der Waals surface area contributed by atoms with Gasteiger partial charge in [0, 0.05) is 10.7 Å². The van der Waals surface area contributed by atoms with Crippen LogP contribution >= 0.6 is 10.7 Å². The molecule has 102 valence electrons. The minimum atomic E-state index is -3.60. The molecule has 0 N–H and O–H groups in total. The van der Waals surface area contributed by atoms with Crippen LogP contribution < -0.4 is 9.47 Å². The Morgan fingerprint density at radius 3 is 2.06 bits per heavy atom. The van der Waals surface area contributed by atoms with Gasteiger partial charge in [0.15, 0.2) is 11.5 Å². The summed E-state index contributed by atoms with van der Waals surface area (Å²) in [6.07, 6.45) is 0. The zero-order valence-corrected chi connectivity index (χ0v) is 12.4. The van der Waals surface area contributed by atoms with Crippen molar-refractivity contribution in [3.63, 3.8) is 0 Å². The van der Waals surface area contributed by atoms with Crippen LogP contribution in [0.25, 0.3) is 0 Å². The van der Waals surface area contributed by atoms with E-state index >= 15 is 0 Å². The van der Waals surface area contributed by atoms with Gasteiger partial charge in [0.2, 0.25) is 9.05 Å². The number of ether oxygens (including phenoxy) is 2. The Bertz CT molecular complexity index is 523. The molecular formula is C12H17ClO4S. The van der Waals surface area contributed by atoms with Gasteiger partial charge in [0.25, 0.3) is 0 Å². The van der Waals surface area contributed by atoms with Crippen molar-refractivity contribution >= 4 is 19.7 Å². The van der Waals surface area contributed by atoms with E-state index in [2.05, 4.69) is 0 Å². The van der Waals surface area contributed by atoms with E-state index in [1.54, 1.807) is 19.2 Å². The van der Waals surface area contributed by atoms with Gasteiger partial charge in [-0.3, -0.25) is 0 Å². The number of hydrogen-bond donors (Lipinski definition) is 0. The fraction of sp³-hybridized carbons (Fsp3) is 0.500. The Balaban J connectivity index is 3.38. The predicted molar refractivity (Wildman–Crippen MR) is 72.1 cm³/mol. The van der Waals surface area contributed by atoms with Gasteiger partial charge in [0.1, 0.15) is 0 Å². The highest BCUT2D eigenvalue weighted by Crippen LogP contribution is 2.34. The third kappa shape index (κ3) is 3.78. The minimum absolute atomic E-state index is 0.165. The van der Waals surface area contributed by atoms with Crippen molar-refractivity contribution in [1.29, 1.82) is 0 Å². The Morgan fingerprint density at radius 2 is 1.67 bits per heavy atom. The molecule has 18 heavy (non-hydrogen) atoms. The fourth-order valence-electron chi connectivity index (χ4n) is 1.79. The van der Waals surface area contributed by atoms with Crippen molar-refractivity contribution in [2.75, 3.05) is 14.2 Å². The van der Waals surface area contributed by atoms with Crippen LogP contribution in [0.3, 0.4) is 0 Å². The van der Waals surface area contributed by atoms with Gasteiger partial charge < -0.3 is 9.47 Å². The number of rotatable bonds is 5. The molecular weight excluding hydrogens is 276 g/mol. The highest BCUT2D eigenvalue weighted by molar-refractivity contribution is 8.13. The molecule has 0 saturated heterocycles. The second-order valence-electron chi connectivity index (χ2n) is 4.24. The summed E-state index contributed by atoms with van der Waals surface area (Å²) in [7, 11) is 4.76. The lowest BCUT2D eigenvalue weighted by molar-refractivity contribution is 0.354. The molecule has 0 aliphatic carbocycles. The molecule has 4 nitrogen and oxygen atoms in total. The van der Waals surface area contributed by atoms with Crippen LogP contribution in [0.15, 0.2) is 12.1 Å². The molecule has 6 heteroatoms.